The molecule has 0 aromatic heterocycles. The van der Waals surface area contributed by atoms with Crippen LogP contribution in [-0.2, 0) is 14.3 Å². The van der Waals surface area contributed by atoms with E-state index in [-0.39, 0.29) is 11.8 Å². The Balaban J connectivity index is 1.41. The van der Waals surface area contributed by atoms with Gasteiger partial charge in [-0.1, -0.05) is 60.7 Å². The summed E-state index contributed by atoms with van der Waals surface area (Å²) >= 11 is 0. The molecular weight excluding hydrogens is 390 g/mol. The predicted octanol–water partition coefficient (Wildman–Crippen LogP) is 2.23. The molecule has 2 aliphatic rings. The number of carbonyl (C=O) groups excluding carboxylic acids is 2. The summed E-state index contributed by atoms with van der Waals surface area (Å²) in [6.45, 7) is 5.62. The predicted molar refractivity (Wildman–Crippen MR) is 121 cm³/mol. The van der Waals surface area contributed by atoms with E-state index in [1.165, 1.54) is 0 Å². The molecular formula is C25H29N3O3. The molecule has 2 aromatic rings. The van der Waals surface area contributed by atoms with Gasteiger partial charge in [0.2, 0.25) is 5.91 Å². The maximum atomic E-state index is 13.4. The molecule has 2 aliphatic heterocycles. The molecule has 6 heteroatoms. The van der Waals surface area contributed by atoms with Gasteiger partial charge >= 0.3 is 0 Å². The molecule has 4 rings (SSSR count). The highest BCUT2D eigenvalue weighted by atomic mass is 16.5. The first-order chi connectivity index (χ1) is 15.2. The lowest BCUT2D eigenvalue weighted by Gasteiger charge is -2.36. The van der Waals surface area contributed by atoms with Crippen molar-refractivity contribution in [2.75, 3.05) is 59.0 Å². The molecule has 0 aliphatic carbocycles. The van der Waals surface area contributed by atoms with Crippen molar-refractivity contribution in [3.8, 4) is 0 Å². The van der Waals surface area contributed by atoms with E-state index < -0.39 is 0 Å². The van der Waals surface area contributed by atoms with Crippen LogP contribution in [0.15, 0.2) is 60.7 Å². The van der Waals surface area contributed by atoms with Gasteiger partial charge in [-0.05, 0) is 17.2 Å². The molecule has 2 amide bonds. The summed E-state index contributed by atoms with van der Waals surface area (Å²) in [5.74, 6) is 0.186. The Labute approximate surface area is 183 Å². The van der Waals surface area contributed by atoms with Crippen LogP contribution in [0, 0.1) is 0 Å². The highest BCUT2D eigenvalue weighted by Gasteiger charge is 2.26. The van der Waals surface area contributed by atoms with Crippen LogP contribution in [0.4, 0.5) is 0 Å². The average Bonchev–Trinajstić information content (AvgIpc) is 2.84. The number of amides is 2. The second-order valence-corrected chi connectivity index (χ2v) is 7.90. The molecule has 0 bridgehead atoms. The Morgan fingerprint density at radius 3 is 2.03 bits per heavy atom. The Hall–Kier alpha value is -2.96. The Morgan fingerprint density at radius 2 is 1.39 bits per heavy atom. The van der Waals surface area contributed by atoms with Crippen LogP contribution >= 0.6 is 0 Å². The number of rotatable bonds is 5. The Bertz CT molecular complexity index is 900. The van der Waals surface area contributed by atoms with E-state index in [2.05, 4.69) is 4.90 Å². The molecule has 2 heterocycles. The summed E-state index contributed by atoms with van der Waals surface area (Å²) in [6, 6.07) is 19.8. The molecule has 2 saturated heterocycles. The molecule has 31 heavy (non-hydrogen) atoms. The van der Waals surface area contributed by atoms with Crippen LogP contribution in [-0.4, -0.2) is 85.5 Å². The van der Waals surface area contributed by atoms with Crippen molar-refractivity contribution in [1.82, 2.24) is 14.7 Å². The van der Waals surface area contributed by atoms with Gasteiger partial charge in [0.15, 0.2) is 0 Å². The van der Waals surface area contributed by atoms with Crippen LogP contribution in [0.2, 0.25) is 0 Å². The van der Waals surface area contributed by atoms with Gasteiger partial charge < -0.3 is 14.5 Å². The van der Waals surface area contributed by atoms with Crippen molar-refractivity contribution in [3.63, 3.8) is 0 Å². The van der Waals surface area contributed by atoms with Crippen molar-refractivity contribution in [2.45, 2.75) is 0 Å². The normalized spacial score (nSPS) is 18.1. The van der Waals surface area contributed by atoms with E-state index in [1.54, 1.807) is 0 Å². The van der Waals surface area contributed by atoms with Gasteiger partial charge in [-0.15, -0.1) is 0 Å². The van der Waals surface area contributed by atoms with E-state index in [1.807, 2.05) is 76.5 Å². The number of nitrogens with zero attached hydrogens (tertiary/aromatic N) is 3. The highest BCUT2D eigenvalue weighted by Crippen LogP contribution is 2.22. The first kappa shape index (κ1) is 21.3. The standard InChI is InChI=1S/C25H29N3O3/c29-24(27-15-17-31-18-16-27)20-26-11-13-28(14-12-26)25(30)23(22-9-5-2-6-10-22)19-21-7-3-1-4-8-21/h1-10,19H,11-18,20H2/b23-19-. The van der Waals surface area contributed by atoms with Gasteiger partial charge in [-0.3, -0.25) is 14.5 Å². The van der Waals surface area contributed by atoms with E-state index in [0.717, 1.165) is 11.1 Å². The number of hydrogen-bond acceptors (Lipinski definition) is 4. The van der Waals surface area contributed by atoms with E-state index in [9.17, 15) is 9.59 Å². The van der Waals surface area contributed by atoms with Crippen molar-refractivity contribution in [3.05, 3.63) is 71.8 Å². The van der Waals surface area contributed by atoms with Gasteiger partial charge in [-0.25, -0.2) is 0 Å². The Kier molecular flexibility index (Phi) is 7.12. The molecule has 2 fully saturated rings. The summed E-state index contributed by atoms with van der Waals surface area (Å²) < 4.78 is 5.32. The second-order valence-electron chi connectivity index (χ2n) is 7.90. The van der Waals surface area contributed by atoms with E-state index in [0.29, 0.717) is 64.6 Å². The minimum absolute atomic E-state index is 0.0363. The minimum atomic E-state index is 0.0363. The van der Waals surface area contributed by atoms with Crippen LogP contribution in [0.3, 0.4) is 0 Å². The number of morpholine rings is 1. The van der Waals surface area contributed by atoms with Crippen LogP contribution < -0.4 is 0 Å². The number of piperazine rings is 1. The van der Waals surface area contributed by atoms with Gasteiger partial charge in [0, 0.05) is 44.8 Å². The third-order valence-corrected chi connectivity index (χ3v) is 5.81. The van der Waals surface area contributed by atoms with Gasteiger partial charge in [0.05, 0.1) is 19.8 Å². The minimum Gasteiger partial charge on any atom is -0.378 e. The molecule has 0 unspecified atom stereocenters. The van der Waals surface area contributed by atoms with Crippen LogP contribution in [0.5, 0.6) is 0 Å². The third-order valence-electron chi connectivity index (χ3n) is 5.81. The lowest BCUT2D eigenvalue weighted by molar-refractivity contribution is -0.137. The molecule has 162 valence electrons. The van der Waals surface area contributed by atoms with Crippen molar-refractivity contribution < 1.29 is 14.3 Å². The highest BCUT2D eigenvalue weighted by molar-refractivity contribution is 6.24. The zero-order valence-corrected chi connectivity index (χ0v) is 17.8. The number of benzene rings is 2. The first-order valence-corrected chi connectivity index (χ1v) is 10.9. The first-order valence-electron chi connectivity index (χ1n) is 10.9. The summed E-state index contributed by atoms with van der Waals surface area (Å²) in [5.41, 5.74) is 2.62. The average molecular weight is 420 g/mol. The zero-order chi connectivity index (χ0) is 21.5. The molecule has 0 spiro atoms. The number of hydrogen-bond donors (Lipinski definition) is 0. The van der Waals surface area contributed by atoms with E-state index in [4.69, 9.17) is 4.74 Å². The molecule has 0 radical (unpaired) electrons. The molecule has 0 N–H and O–H groups in total. The lowest BCUT2D eigenvalue weighted by atomic mass is 10.0. The maximum absolute atomic E-state index is 13.4. The second kappa shape index (κ2) is 10.4. The topological polar surface area (TPSA) is 53.1 Å². The quantitative estimate of drug-likeness (QED) is 0.551. The Morgan fingerprint density at radius 1 is 0.774 bits per heavy atom. The molecule has 0 atom stereocenters. The summed E-state index contributed by atoms with van der Waals surface area (Å²) in [5, 5.41) is 0. The van der Waals surface area contributed by atoms with Crippen LogP contribution in [0.1, 0.15) is 11.1 Å². The summed E-state index contributed by atoms with van der Waals surface area (Å²) in [4.78, 5) is 31.9. The van der Waals surface area contributed by atoms with Crippen LogP contribution in [0.25, 0.3) is 11.6 Å². The summed E-state index contributed by atoms with van der Waals surface area (Å²) in [7, 11) is 0. The van der Waals surface area contributed by atoms with Crippen molar-refractivity contribution in [1.29, 1.82) is 0 Å². The smallest absolute Gasteiger partial charge is 0.254 e. The maximum Gasteiger partial charge on any atom is 0.254 e. The molecule has 2 aromatic carbocycles. The SMILES string of the molecule is O=C(CN1CCN(C(=O)/C(=C\c2ccccc2)c2ccccc2)CC1)N1CCOCC1. The van der Waals surface area contributed by atoms with Crippen molar-refractivity contribution in [2.24, 2.45) is 0 Å². The van der Waals surface area contributed by atoms with E-state index >= 15 is 0 Å². The fraction of sp³-hybridized carbons (Fsp3) is 0.360. The van der Waals surface area contributed by atoms with Gasteiger partial charge in [0.1, 0.15) is 0 Å². The molecule has 6 nitrogen and oxygen atoms in total. The zero-order valence-electron chi connectivity index (χ0n) is 17.8. The fourth-order valence-corrected chi connectivity index (χ4v) is 3.99. The van der Waals surface area contributed by atoms with Gasteiger partial charge in [-0.2, -0.15) is 0 Å². The fourth-order valence-electron chi connectivity index (χ4n) is 3.99. The monoisotopic (exact) mass is 419 g/mol. The largest absolute Gasteiger partial charge is 0.378 e. The number of carbonyl (C=O) groups is 2. The van der Waals surface area contributed by atoms with Gasteiger partial charge in [0.25, 0.3) is 5.91 Å². The van der Waals surface area contributed by atoms with Crippen molar-refractivity contribution >= 4 is 23.5 Å². The lowest BCUT2D eigenvalue weighted by Crippen LogP contribution is -2.52. The molecule has 0 saturated carbocycles. The number of ether oxygens (including phenoxy) is 1. The summed E-state index contributed by atoms with van der Waals surface area (Å²) in [6.07, 6.45) is 1.96. The third kappa shape index (κ3) is 5.60.